The molecule has 1 N–H and O–H groups in total. The number of rotatable bonds is 5. The van der Waals surface area contributed by atoms with Gasteiger partial charge in [-0.2, -0.15) is 0 Å². The molecule has 96 valence electrons. The van der Waals surface area contributed by atoms with E-state index in [0.717, 1.165) is 11.3 Å². The molecule has 1 aromatic carbocycles. The van der Waals surface area contributed by atoms with Crippen molar-refractivity contribution < 1.29 is 4.79 Å². The van der Waals surface area contributed by atoms with Crippen molar-refractivity contribution in [1.82, 2.24) is 5.32 Å². The van der Waals surface area contributed by atoms with Crippen LogP contribution in [0.2, 0.25) is 0 Å². The number of hydrogen-bond donors (Lipinski definition) is 1. The normalized spacial score (nSPS) is 11.4. The van der Waals surface area contributed by atoms with E-state index in [1.165, 1.54) is 0 Å². The summed E-state index contributed by atoms with van der Waals surface area (Å²) in [5.41, 5.74) is 2.33. The van der Waals surface area contributed by atoms with Crippen molar-refractivity contribution >= 4 is 23.4 Å². The van der Waals surface area contributed by atoms with Crippen LogP contribution in [0.5, 0.6) is 0 Å². The Labute approximate surface area is 113 Å². The van der Waals surface area contributed by atoms with E-state index < -0.39 is 0 Å². The first-order valence-corrected chi connectivity index (χ1v) is 6.83. The number of hydrogen-bond acceptors (Lipinski definition) is 2. The molecule has 0 bridgehead atoms. The second-order valence-corrected chi connectivity index (χ2v) is 5.77. The van der Waals surface area contributed by atoms with Gasteiger partial charge in [0.15, 0.2) is 0 Å². The van der Waals surface area contributed by atoms with Crippen molar-refractivity contribution in [3.8, 4) is 0 Å². The highest BCUT2D eigenvalue weighted by atomic mass is 32.2. The lowest BCUT2D eigenvalue weighted by Gasteiger charge is -2.11. The van der Waals surface area contributed by atoms with E-state index in [-0.39, 0.29) is 5.91 Å². The number of amides is 1. The third kappa shape index (κ3) is 4.80. The molecule has 0 saturated heterocycles. The van der Waals surface area contributed by atoms with Crippen LogP contribution in [0.25, 0.3) is 5.70 Å². The molecule has 18 heavy (non-hydrogen) atoms. The van der Waals surface area contributed by atoms with Gasteiger partial charge in [-0.25, -0.2) is 0 Å². The molecule has 2 nitrogen and oxygen atoms in total. The molecule has 0 aliphatic heterocycles. The summed E-state index contributed by atoms with van der Waals surface area (Å²) in [5.74, 6) is -0.144. The Morgan fingerprint density at radius 3 is 2.44 bits per heavy atom. The average molecular weight is 261 g/mol. The lowest BCUT2D eigenvalue weighted by atomic mass is 10.1. The Morgan fingerprint density at radius 1 is 1.33 bits per heavy atom. The fourth-order valence-electron chi connectivity index (χ4n) is 1.22. The standard InChI is InChI=1S/C15H19NOS/c1-11(2)15(17)16-14(10-18-12(3)4)13-8-6-5-7-9-13/h5-10,12H,1H2,2-4H3,(H,16,17)/b14-10-. The zero-order valence-electron chi connectivity index (χ0n) is 11.1. The van der Waals surface area contributed by atoms with Gasteiger partial charge in [-0.3, -0.25) is 4.79 Å². The van der Waals surface area contributed by atoms with Gasteiger partial charge in [0.1, 0.15) is 0 Å². The molecule has 0 saturated carbocycles. The Hall–Kier alpha value is -1.48. The summed E-state index contributed by atoms with van der Waals surface area (Å²) in [5, 5.41) is 5.35. The van der Waals surface area contributed by atoms with E-state index in [1.807, 2.05) is 35.7 Å². The van der Waals surface area contributed by atoms with Gasteiger partial charge in [0.2, 0.25) is 0 Å². The van der Waals surface area contributed by atoms with Gasteiger partial charge in [0.25, 0.3) is 5.91 Å². The summed E-state index contributed by atoms with van der Waals surface area (Å²) in [6.45, 7) is 9.58. The fourth-order valence-corrected chi connectivity index (χ4v) is 1.82. The molecule has 0 radical (unpaired) electrons. The van der Waals surface area contributed by atoms with Crippen molar-refractivity contribution in [3.63, 3.8) is 0 Å². The Morgan fingerprint density at radius 2 is 1.94 bits per heavy atom. The third-order valence-electron chi connectivity index (χ3n) is 2.18. The number of carbonyl (C=O) groups is 1. The largest absolute Gasteiger partial charge is 0.321 e. The van der Waals surface area contributed by atoms with Crippen LogP contribution in [0, 0.1) is 0 Å². The van der Waals surface area contributed by atoms with Gasteiger partial charge < -0.3 is 5.32 Å². The van der Waals surface area contributed by atoms with E-state index >= 15 is 0 Å². The zero-order valence-corrected chi connectivity index (χ0v) is 11.9. The molecular formula is C15H19NOS. The summed E-state index contributed by atoms with van der Waals surface area (Å²) in [7, 11) is 0. The van der Waals surface area contributed by atoms with E-state index in [4.69, 9.17) is 0 Å². The van der Waals surface area contributed by atoms with Crippen LogP contribution < -0.4 is 5.32 Å². The maximum atomic E-state index is 11.7. The smallest absolute Gasteiger partial charge is 0.250 e. The Kier molecular flexibility index (Phi) is 5.72. The topological polar surface area (TPSA) is 29.1 Å². The lowest BCUT2D eigenvalue weighted by Crippen LogP contribution is -2.22. The van der Waals surface area contributed by atoms with Gasteiger partial charge in [-0.05, 0) is 17.9 Å². The SMILES string of the molecule is C=C(C)C(=O)N/C(=C\SC(C)C)c1ccccc1. The molecule has 0 atom stereocenters. The predicted molar refractivity (Wildman–Crippen MR) is 80.1 cm³/mol. The van der Waals surface area contributed by atoms with Crippen LogP contribution in [0.1, 0.15) is 26.3 Å². The highest BCUT2D eigenvalue weighted by molar-refractivity contribution is 8.02. The molecular weight excluding hydrogens is 242 g/mol. The highest BCUT2D eigenvalue weighted by Crippen LogP contribution is 2.19. The summed E-state index contributed by atoms with van der Waals surface area (Å²) in [6, 6.07) is 9.82. The fraction of sp³-hybridized carbons (Fsp3) is 0.267. The van der Waals surface area contributed by atoms with Gasteiger partial charge in [0.05, 0.1) is 5.70 Å². The monoisotopic (exact) mass is 261 g/mol. The molecule has 0 spiro atoms. The number of carbonyl (C=O) groups excluding carboxylic acids is 1. The van der Waals surface area contributed by atoms with Crippen molar-refractivity contribution in [2.75, 3.05) is 0 Å². The molecule has 0 unspecified atom stereocenters. The van der Waals surface area contributed by atoms with E-state index in [9.17, 15) is 4.79 Å². The maximum absolute atomic E-state index is 11.7. The second kappa shape index (κ2) is 7.07. The van der Waals surface area contributed by atoms with Crippen LogP contribution in [-0.2, 0) is 4.79 Å². The summed E-state index contributed by atoms with van der Waals surface area (Å²) in [6.07, 6.45) is 0. The van der Waals surface area contributed by atoms with E-state index in [0.29, 0.717) is 10.8 Å². The van der Waals surface area contributed by atoms with Crippen molar-refractivity contribution in [2.24, 2.45) is 0 Å². The van der Waals surface area contributed by atoms with Gasteiger partial charge >= 0.3 is 0 Å². The zero-order chi connectivity index (χ0) is 13.5. The average Bonchev–Trinajstić information content (AvgIpc) is 2.34. The van der Waals surface area contributed by atoms with Crippen LogP contribution in [0.3, 0.4) is 0 Å². The molecule has 1 rings (SSSR count). The summed E-state index contributed by atoms with van der Waals surface area (Å²) in [4.78, 5) is 11.7. The molecule has 3 heteroatoms. The molecule has 1 amide bonds. The maximum Gasteiger partial charge on any atom is 0.250 e. The third-order valence-corrected chi connectivity index (χ3v) is 3.09. The molecule has 0 heterocycles. The molecule has 0 aromatic heterocycles. The second-order valence-electron chi connectivity index (χ2n) is 4.32. The Bertz CT molecular complexity index is 449. The van der Waals surface area contributed by atoms with Crippen LogP contribution in [-0.4, -0.2) is 11.2 Å². The molecule has 0 aliphatic carbocycles. The number of benzene rings is 1. The van der Waals surface area contributed by atoms with Gasteiger partial charge in [0, 0.05) is 10.8 Å². The number of nitrogens with one attached hydrogen (secondary N) is 1. The van der Waals surface area contributed by atoms with Crippen molar-refractivity contribution in [3.05, 3.63) is 53.5 Å². The number of thioether (sulfide) groups is 1. The predicted octanol–water partition coefficient (Wildman–Crippen LogP) is 3.82. The quantitative estimate of drug-likeness (QED) is 0.816. The van der Waals surface area contributed by atoms with E-state index in [1.54, 1.807) is 18.7 Å². The highest BCUT2D eigenvalue weighted by Gasteiger charge is 2.07. The summed E-state index contributed by atoms with van der Waals surface area (Å²) >= 11 is 1.68. The van der Waals surface area contributed by atoms with Gasteiger partial charge in [-0.1, -0.05) is 50.8 Å². The van der Waals surface area contributed by atoms with Crippen molar-refractivity contribution in [1.29, 1.82) is 0 Å². The first-order chi connectivity index (χ1) is 8.50. The Balaban J connectivity index is 2.92. The van der Waals surface area contributed by atoms with Crippen molar-refractivity contribution in [2.45, 2.75) is 26.0 Å². The van der Waals surface area contributed by atoms with Gasteiger partial charge in [-0.15, -0.1) is 11.8 Å². The molecule has 1 aromatic rings. The minimum absolute atomic E-state index is 0.144. The first-order valence-electron chi connectivity index (χ1n) is 5.88. The van der Waals surface area contributed by atoms with E-state index in [2.05, 4.69) is 25.7 Å². The minimum Gasteiger partial charge on any atom is -0.321 e. The first kappa shape index (κ1) is 14.6. The summed E-state index contributed by atoms with van der Waals surface area (Å²) < 4.78 is 0. The molecule has 0 aliphatic rings. The minimum atomic E-state index is -0.144. The molecule has 0 fully saturated rings. The lowest BCUT2D eigenvalue weighted by molar-refractivity contribution is -0.116. The van der Waals surface area contributed by atoms with Crippen LogP contribution in [0.4, 0.5) is 0 Å². The van der Waals surface area contributed by atoms with Crippen LogP contribution in [0.15, 0.2) is 47.9 Å². The van der Waals surface area contributed by atoms with Crippen LogP contribution >= 0.6 is 11.8 Å².